The fourth-order valence-corrected chi connectivity index (χ4v) is 1.23. The van der Waals surface area contributed by atoms with Crippen LogP contribution in [0.15, 0.2) is 24.3 Å². The van der Waals surface area contributed by atoms with Gasteiger partial charge in [0.25, 0.3) is 0 Å². The van der Waals surface area contributed by atoms with E-state index in [1.807, 2.05) is 0 Å². The first-order valence-corrected chi connectivity index (χ1v) is 4.83. The Labute approximate surface area is 88.1 Å². The molecule has 0 saturated heterocycles. The van der Waals surface area contributed by atoms with Gasteiger partial charge in [-0.25, -0.2) is 4.39 Å². The minimum absolute atomic E-state index is 0.0109. The predicted octanol–water partition coefficient (Wildman–Crippen LogP) is 2.31. The lowest BCUT2D eigenvalue weighted by molar-refractivity contribution is -0.122. The first kappa shape index (κ1) is 11.6. The van der Waals surface area contributed by atoms with Crippen molar-refractivity contribution in [2.45, 2.75) is 26.2 Å². The van der Waals surface area contributed by atoms with Crippen LogP contribution in [-0.2, 0) is 16.0 Å². The summed E-state index contributed by atoms with van der Waals surface area (Å²) < 4.78 is 12.5. The molecule has 2 nitrogen and oxygen atoms in total. The summed E-state index contributed by atoms with van der Waals surface area (Å²) >= 11 is 0. The highest BCUT2D eigenvalue weighted by molar-refractivity contribution is 5.86. The zero-order valence-corrected chi connectivity index (χ0v) is 8.63. The van der Waals surface area contributed by atoms with E-state index in [-0.39, 0.29) is 30.2 Å². The molecule has 15 heavy (non-hydrogen) atoms. The second-order valence-electron chi connectivity index (χ2n) is 3.54. The first-order valence-electron chi connectivity index (χ1n) is 4.83. The summed E-state index contributed by atoms with van der Waals surface area (Å²) in [5.74, 6) is -0.283. The molecule has 1 aromatic carbocycles. The summed E-state index contributed by atoms with van der Waals surface area (Å²) in [6.45, 7) is 1.46. The van der Waals surface area contributed by atoms with Crippen LogP contribution in [-0.4, -0.2) is 11.6 Å². The van der Waals surface area contributed by atoms with Crippen LogP contribution in [0.2, 0.25) is 0 Å². The van der Waals surface area contributed by atoms with E-state index in [4.69, 9.17) is 0 Å². The highest BCUT2D eigenvalue weighted by Gasteiger charge is 2.05. The standard InChI is InChI=1S/C12H13FO2/c1-9(14)2-7-12(15)8-10-3-5-11(13)6-4-10/h3-6H,2,7-8H2,1H3. The summed E-state index contributed by atoms with van der Waals surface area (Å²) in [5, 5.41) is 0. The van der Waals surface area contributed by atoms with Crippen molar-refractivity contribution >= 4 is 11.6 Å². The Bertz CT molecular complexity index is 354. The quantitative estimate of drug-likeness (QED) is 0.744. The predicted molar refractivity (Wildman–Crippen MR) is 55.0 cm³/mol. The van der Waals surface area contributed by atoms with E-state index < -0.39 is 0 Å². The van der Waals surface area contributed by atoms with Gasteiger partial charge in [0, 0.05) is 19.3 Å². The minimum atomic E-state index is -0.310. The molecule has 0 saturated carbocycles. The number of rotatable bonds is 5. The third-order valence-electron chi connectivity index (χ3n) is 2.07. The third kappa shape index (κ3) is 4.49. The van der Waals surface area contributed by atoms with Crippen molar-refractivity contribution < 1.29 is 14.0 Å². The highest BCUT2D eigenvalue weighted by Crippen LogP contribution is 2.06. The summed E-state index contributed by atoms with van der Waals surface area (Å²) in [4.78, 5) is 22.0. The van der Waals surface area contributed by atoms with Gasteiger partial charge in [-0.15, -0.1) is 0 Å². The van der Waals surface area contributed by atoms with Crippen LogP contribution in [0.1, 0.15) is 25.3 Å². The van der Waals surface area contributed by atoms with Crippen LogP contribution in [0.4, 0.5) is 4.39 Å². The molecule has 0 aliphatic rings. The number of ketones is 2. The summed E-state index contributed by atoms with van der Waals surface area (Å²) in [5.41, 5.74) is 0.782. The van der Waals surface area contributed by atoms with Gasteiger partial charge in [0.05, 0.1) is 0 Å². The van der Waals surface area contributed by atoms with Gasteiger partial charge in [0.1, 0.15) is 17.4 Å². The van der Waals surface area contributed by atoms with E-state index in [0.717, 1.165) is 5.56 Å². The monoisotopic (exact) mass is 208 g/mol. The number of Topliss-reactive ketones (excluding diaryl/α,β-unsaturated/α-hetero) is 2. The van der Waals surface area contributed by atoms with Crippen LogP contribution >= 0.6 is 0 Å². The third-order valence-corrected chi connectivity index (χ3v) is 2.07. The van der Waals surface area contributed by atoms with Gasteiger partial charge in [-0.1, -0.05) is 12.1 Å². The second-order valence-corrected chi connectivity index (χ2v) is 3.54. The largest absolute Gasteiger partial charge is 0.300 e. The molecule has 0 aromatic heterocycles. The molecule has 0 atom stereocenters. The van der Waals surface area contributed by atoms with Crippen LogP contribution in [0.25, 0.3) is 0 Å². The van der Waals surface area contributed by atoms with Gasteiger partial charge >= 0.3 is 0 Å². The van der Waals surface area contributed by atoms with Crippen molar-refractivity contribution in [1.82, 2.24) is 0 Å². The van der Waals surface area contributed by atoms with Crippen molar-refractivity contribution in [2.24, 2.45) is 0 Å². The number of halogens is 1. The van der Waals surface area contributed by atoms with E-state index in [1.165, 1.54) is 19.1 Å². The summed E-state index contributed by atoms with van der Waals surface area (Å²) in [7, 11) is 0. The summed E-state index contributed by atoms with van der Waals surface area (Å²) in [6, 6.07) is 5.82. The molecule has 1 aromatic rings. The topological polar surface area (TPSA) is 34.1 Å². The molecule has 0 heterocycles. The van der Waals surface area contributed by atoms with Crippen LogP contribution in [0.3, 0.4) is 0 Å². The molecular weight excluding hydrogens is 195 g/mol. The lowest BCUT2D eigenvalue weighted by Gasteiger charge is -1.99. The maximum absolute atomic E-state index is 12.5. The molecule has 1 rings (SSSR count). The SMILES string of the molecule is CC(=O)CCC(=O)Cc1ccc(F)cc1. The molecule has 0 bridgehead atoms. The van der Waals surface area contributed by atoms with Crippen molar-refractivity contribution in [3.05, 3.63) is 35.6 Å². The van der Waals surface area contributed by atoms with Crippen molar-refractivity contribution in [3.63, 3.8) is 0 Å². The van der Waals surface area contributed by atoms with Crippen molar-refractivity contribution in [2.75, 3.05) is 0 Å². The van der Waals surface area contributed by atoms with Crippen molar-refractivity contribution in [1.29, 1.82) is 0 Å². The number of hydrogen-bond acceptors (Lipinski definition) is 2. The number of benzene rings is 1. The van der Waals surface area contributed by atoms with E-state index in [1.54, 1.807) is 12.1 Å². The molecule has 80 valence electrons. The normalized spacial score (nSPS) is 10.0. The Morgan fingerprint density at radius 3 is 2.27 bits per heavy atom. The van der Waals surface area contributed by atoms with E-state index >= 15 is 0 Å². The summed E-state index contributed by atoms with van der Waals surface area (Å²) in [6.07, 6.45) is 0.834. The molecule has 0 fully saturated rings. The van der Waals surface area contributed by atoms with Gasteiger partial charge in [-0.05, 0) is 24.6 Å². The van der Waals surface area contributed by atoms with Crippen LogP contribution < -0.4 is 0 Å². The van der Waals surface area contributed by atoms with Crippen molar-refractivity contribution in [3.8, 4) is 0 Å². The number of hydrogen-bond donors (Lipinski definition) is 0. The lowest BCUT2D eigenvalue weighted by Crippen LogP contribution is -2.04. The molecule has 0 unspecified atom stereocenters. The van der Waals surface area contributed by atoms with Gasteiger partial charge in [-0.2, -0.15) is 0 Å². The van der Waals surface area contributed by atoms with Crippen LogP contribution in [0, 0.1) is 5.82 Å². The molecule has 0 radical (unpaired) electrons. The van der Waals surface area contributed by atoms with E-state index in [2.05, 4.69) is 0 Å². The van der Waals surface area contributed by atoms with E-state index in [0.29, 0.717) is 6.42 Å². The van der Waals surface area contributed by atoms with Gasteiger partial charge in [0.15, 0.2) is 0 Å². The zero-order valence-electron chi connectivity index (χ0n) is 8.63. The fraction of sp³-hybridized carbons (Fsp3) is 0.333. The molecule has 3 heteroatoms. The molecule has 0 N–H and O–H groups in total. The van der Waals surface area contributed by atoms with E-state index in [9.17, 15) is 14.0 Å². The minimum Gasteiger partial charge on any atom is -0.300 e. The Kier molecular flexibility index (Phi) is 4.16. The molecule has 0 spiro atoms. The number of carbonyl (C=O) groups is 2. The molecular formula is C12H13FO2. The fourth-order valence-electron chi connectivity index (χ4n) is 1.23. The second kappa shape index (κ2) is 5.39. The highest BCUT2D eigenvalue weighted by atomic mass is 19.1. The van der Waals surface area contributed by atoms with Gasteiger partial charge in [-0.3, -0.25) is 4.79 Å². The average Bonchev–Trinajstić information content (AvgIpc) is 2.19. The Morgan fingerprint density at radius 2 is 1.73 bits per heavy atom. The number of carbonyl (C=O) groups excluding carboxylic acids is 2. The lowest BCUT2D eigenvalue weighted by atomic mass is 10.0. The van der Waals surface area contributed by atoms with Crippen LogP contribution in [0.5, 0.6) is 0 Å². The maximum Gasteiger partial charge on any atom is 0.137 e. The first-order chi connectivity index (χ1) is 7.08. The Hall–Kier alpha value is -1.51. The maximum atomic E-state index is 12.5. The smallest absolute Gasteiger partial charge is 0.137 e. The van der Waals surface area contributed by atoms with Gasteiger partial charge < -0.3 is 4.79 Å². The zero-order chi connectivity index (χ0) is 11.3. The average molecular weight is 208 g/mol. The Morgan fingerprint density at radius 1 is 1.13 bits per heavy atom. The molecule has 0 aliphatic carbocycles. The molecule has 0 aliphatic heterocycles. The molecule has 0 amide bonds. The Balaban J connectivity index is 2.44. The van der Waals surface area contributed by atoms with Gasteiger partial charge in [0.2, 0.25) is 0 Å².